The first kappa shape index (κ1) is 15.1. The standard InChI is InChI=1S/C16H22BrN3/c1-10(16(2,3)4)8-20-15-12-7-11(17)5-6-14(12)19-9-13(15)18/h5-7,9-10H,8,18H2,1-4H3,(H,19,20). The van der Waals surface area contributed by atoms with Gasteiger partial charge in [0.15, 0.2) is 0 Å². The minimum Gasteiger partial charge on any atom is -0.396 e. The second-order valence-electron chi connectivity index (χ2n) is 6.40. The summed E-state index contributed by atoms with van der Waals surface area (Å²) in [5.41, 5.74) is 8.98. The molecule has 0 radical (unpaired) electrons. The Morgan fingerprint density at radius 3 is 2.70 bits per heavy atom. The van der Waals surface area contributed by atoms with Crippen molar-refractivity contribution in [2.24, 2.45) is 11.3 Å². The van der Waals surface area contributed by atoms with Gasteiger partial charge in [-0.05, 0) is 29.5 Å². The molecule has 0 amide bonds. The van der Waals surface area contributed by atoms with E-state index in [0.29, 0.717) is 11.6 Å². The molecule has 0 spiro atoms. The maximum absolute atomic E-state index is 6.09. The lowest BCUT2D eigenvalue weighted by atomic mass is 9.82. The van der Waals surface area contributed by atoms with E-state index in [0.717, 1.165) is 27.6 Å². The third-order valence-electron chi connectivity index (χ3n) is 3.92. The van der Waals surface area contributed by atoms with Crippen molar-refractivity contribution in [1.29, 1.82) is 0 Å². The molecule has 0 aliphatic rings. The van der Waals surface area contributed by atoms with Gasteiger partial charge in [-0.2, -0.15) is 0 Å². The van der Waals surface area contributed by atoms with Crippen LogP contribution in [0.25, 0.3) is 10.9 Å². The molecule has 4 heteroatoms. The van der Waals surface area contributed by atoms with E-state index in [2.05, 4.69) is 60.0 Å². The number of anilines is 2. The van der Waals surface area contributed by atoms with E-state index >= 15 is 0 Å². The Bertz CT molecular complexity index is 612. The topological polar surface area (TPSA) is 50.9 Å². The van der Waals surface area contributed by atoms with Crippen molar-refractivity contribution in [3.05, 3.63) is 28.9 Å². The summed E-state index contributed by atoms with van der Waals surface area (Å²) >= 11 is 3.51. The van der Waals surface area contributed by atoms with E-state index in [1.54, 1.807) is 6.20 Å². The first-order chi connectivity index (χ1) is 9.29. The first-order valence-corrected chi connectivity index (χ1v) is 7.66. The van der Waals surface area contributed by atoms with E-state index in [1.807, 2.05) is 12.1 Å². The van der Waals surface area contributed by atoms with Crippen molar-refractivity contribution in [3.63, 3.8) is 0 Å². The van der Waals surface area contributed by atoms with Crippen LogP contribution < -0.4 is 11.1 Å². The number of pyridine rings is 1. The van der Waals surface area contributed by atoms with Crippen molar-refractivity contribution in [1.82, 2.24) is 4.98 Å². The average molecular weight is 336 g/mol. The number of halogens is 1. The van der Waals surface area contributed by atoms with Crippen LogP contribution in [0.1, 0.15) is 27.7 Å². The van der Waals surface area contributed by atoms with Crippen LogP contribution in [0.5, 0.6) is 0 Å². The van der Waals surface area contributed by atoms with Gasteiger partial charge in [0.1, 0.15) is 0 Å². The molecule has 2 aromatic rings. The molecule has 0 saturated carbocycles. The number of nitrogens with zero attached hydrogens (tertiary/aromatic N) is 1. The number of aromatic nitrogens is 1. The maximum atomic E-state index is 6.09. The summed E-state index contributed by atoms with van der Waals surface area (Å²) in [4.78, 5) is 4.37. The maximum Gasteiger partial charge on any atom is 0.0743 e. The van der Waals surface area contributed by atoms with E-state index in [9.17, 15) is 0 Å². The zero-order valence-corrected chi connectivity index (χ0v) is 14.1. The average Bonchev–Trinajstić information content (AvgIpc) is 2.36. The molecule has 1 heterocycles. The normalized spacial score (nSPS) is 13.4. The van der Waals surface area contributed by atoms with Gasteiger partial charge in [-0.25, -0.2) is 0 Å². The van der Waals surface area contributed by atoms with Crippen molar-refractivity contribution in [2.45, 2.75) is 27.7 Å². The fourth-order valence-corrected chi connectivity index (χ4v) is 2.30. The first-order valence-electron chi connectivity index (χ1n) is 6.86. The zero-order chi connectivity index (χ0) is 14.9. The summed E-state index contributed by atoms with van der Waals surface area (Å²) in [6.45, 7) is 9.90. The third-order valence-corrected chi connectivity index (χ3v) is 4.42. The van der Waals surface area contributed by atoms with Crippen molar-refractivity contribution in [2.75, 3.05) is 17.6 Å². The minimum absolute atomic E-state index is 0.269. The largest absolute Gasteiger partial charge is 0.396 e. The molecule has 0 fully saturated rings. The Morgan fingerprint density at radius 2 is 2.05 bits per heavy atom. The lowest BCUT2D eigenvalue weighted by molar-refractivity contribution is 0.275. The number of hydrogen-bond donors (Lipinski definition) is 2. The van der Waals surface area contributed by atoms with Gasteiger partial charge in [-0.1, -0.05) is 43.6 Å². The highest BCUT2D eigenvalue weighted by molar-refractivity contribution is 9.10. The molecular formula is C16H22BrN3. The highest BCUT2D eigenvalue weighted by atomic mass is 79.9. The molecule has 1 aromatic heterocycles. The van der Waals surface area contributed by atoms with Crippen LogP contribution in [0.4, 0.5) is 11.4 Å². The molecule has 3 N–H and O–H groups in total. The molecule has 20 heavy (non-hydrogen) atoms. The SMILES string of the molecule is CC(CNc1c(N)cnc2ccc(Br)cc12)C(C)(C)C. The fraction of sp³-hybridized carbons (Fsp3) is 0.438. The van der Waals surface area contributed by atoms with Crippen LogP contribution in [-0.4, -0.2) is 11.5 Å². The fourth-order valence-electron chi connectivity index (χ4n) is 1.94. The van der Waals surface area contributed by atoms with E-state index in [1.165, 1.54) is 0 Å². The highest BCUT2D eigenvalue weighted by Crippen LogP contribution is 2.32. The molecule has 0 aliphatic heterocycles. The molecule has 108 valence electrons. The Balaban J connectivity index is 2.33. The van der Waals surface area contributed by atoms with Gasteiger partial charge in [-0.15, -0.1) is 0 Å². The van der Waals surface area contributed by atoms with Gasteiger partial charge in [0.05, 0.1) is 23.1 Å². The predicted octanol–water partition coefficient (Wildman–Crippen LogP) is 4.67. The highest BCUT2D eigenvalue weighted by Gasteiger charge is 2.20. The Labute approximate surface area is 129 Å². The molecule has 0 bridgehead atoms. The van der Waals surface area contributed by atoms with Gasteiger partial charge in [0.25, 0.3) is 0 Å². The predicted molar refractivity (Wildman–Crippen MR) is 91.0 cm³/mol. The molecule has 0 aliphatic carbocycles. The number of benzene rings is 1. The summed E-state index contributed by atoms with van der Waals surface area (Å²) in [5, 5.41) is 4.56. The Morgan fingerprint density at radius 1 is 1.35 bits per heavy atom. The third kappa shape index (κ3) is 3.23. The molecule has 2 rings (SSSR count). The summed E-state index contributed by atoms with van der Waals surface area (Å²) in [6, 6.07) is 6.05. The van der Waals surface area contributed by atoms with Gasteiger partial charge in [0.2, 0.25) is 0 Å². The number of nitrogens with one attached hydrogen (secondary N) is 1. The van der Waals surface area contributed by atoms with E-state index in [4.69, 9.17) is 5.73 Å². The van der Waals surface area contributed by atoms with Crippen LogP contribution in [0.3, 0.4) is 0 Å². The quantitative estimate of drug-likeness (QED) is 0.856. The smallest absolute Gasteiger partial charge is 0.0743 e. The lowest BCUT2D eigenvalue weighted by Crippen LogP contribution is -2.25. The zero-order valence-electron chi connectivity index (χ0n) is 12.5. The van der Waals surface area contributed by atoms with Gasteiger partial charge < -0.3 is 11.1 Å². The summed E-state index contributed by atoms with van der Waals surface area (Å²) in [6.07, 6.45) is 1.72. The van der Waals surface area contributed by atoms with Gasteiger partial charge in [-0.3, -0.25) is 4.98 Å². The summed E-state index contributed by atoms with van der Waals surface area (Å²) < 4.78 is 1.03. The molecular weight excluding hydrogens is 314 g/mol. The van der Waals surface area contributed by atoms with E-state index < -0.39 is 0 Å². The number of fused-ring (bicyclic) bond motifs is 1. The second-order valence-corrected chi connectivity index (χ2v) is 7.31. The number of rotatable bonds is 3. The minimum atomic E-state index is 0.269. The monoisotopic (exact) mass is 335 g/mol. The molecule has 1 atom stereocenters. The molecule has 1 unspecified atom stereocenters. The van der Waals surface area contributed by atoms with Gasteiger partial charge >= 0.3 is 0 Å². The van der Waals surface area contributed by atoms with E-state index in [-0.39, 0.29) is 5.41 Å². The number of nitrogen functional groups attached to an aromatic ring is 1. The number of nitrogens with two attached hydrogens (primary N) is 1. The summed E-state index contributed by atoms with van der Waals surface area (Å²) in [7, 11) is 0. The summed E-state index contributed by atoms with van der Waals surface area (Å²) in [5.74, 6) is 0.539. The molecule has 3 nitrogen and oxygen atoms in total. The van der Waals surface area contributed by atoms with Crippen molar-refractivity contribution in [3.8, 4) is 0 Å². The van der Waals surface area contributed by atoms with Gasteiger partial charge in [0, 0.05) is 16.4 Å². The molecule has 0 saturated heterocycles. The van der Waals surface area contributed by atoms with Crippen LogP contribution in [-0.2, 0) is 0 Å². The Kier molecular flexibility index (Phi) is 4.23. The van der Waals surface area contributed by atoms with Crippen LogP contribution in [0.2, 0.25) is 0 Å². The van der Waals surface area contributed by atoms with Crippen molar-refractivity contribution < 1.29 is 0 Å². The van der Waals surface area contributed by atoms with Crippen LogP contribution >= 0.6 is 15.9 Å². The number of hydrogen-bond acceptors (Lipinski definition) is 3. The molecule has 1 aromatic carbocycles. The van der Waals surface area contributed by atoms with Crippen LogP contribution in [0.15, 0.2) is 28.9 Å². The second kappa shape index (κ2) is 5.60. The Hall–Kier alpha value is -1.29. The lowest BCUT2D eigenvalue weighted by Gasteiger charge is -2.28. The van der Waals surface area contributed by atoms with Crippen molar-refractivity contribution >= 4 is 38.2 Å². The van der Waals surface area contributed by atoms with Crippen LogP contribution in [0, 0.1) is 11.3 Å².